The highest BCUT2D eigenvalue weighted by Gasteiger charge is 2.71. The summed E-state index contributed by atoms with van der Waals surface area (Å²) in [4.78, 5) is 37.1. The summed E-state index contributed by atoms with van der Waals surface area (Å²) in [6, 6.07) is -1.50. The molecule has 3 aliphatic rings. The van der Waals surface area contributed by atoms with Crippen molar-refractivity contribution in [2.75, 3.05) is 0 Å². The van der Waals surface area contributed by atoms with E-state index < -0.39 is 129 Å². The number of benzene rings is 1. The minimum atomic E-state index is -6.40. The molecule has 1 saturated heterocycles. The zero-order valence-corrected chi connectivity index (χ0v) is 19.9. The van der Waals surface area contributed by atoms with Gasteiger partial charge in [0.2, 0.25) is 0 Å². The Balaban J connectivity index is 1.74. The fourth-order valence-electron chi connectivity index (χ4n) is 5.26. The lowest BCUT2D eigenvalue weighted by molar-refractivity contribution is -0.179. The van der Waals surface area contributed by atoms with Gasteiger partial charge in [0.1, 0.15) is 12.2 Å². The second-order valence-corrected chi connectivity index (χ2v) is 10.7. The van der Waals surface area contributed by atoms with Gasteiger partial charge in [0, 0.05) is 11.8 Å². The first-order chi connectivity index (χ1) is 18.4. The van der Waals surface area contributed by atoms with Crippen LogP contribution in [0, 0.1) is 23.7 Å². The molecule has 3 fully saturated rings. The van der Waals surface area contributed by atoms with Crippen molar-refractivity contribution in [2.45, 2.75) is 42.4 Å². The van der Waals surface area contributed by atoms with Crippen molar-refractivity contribution in [1.29, 1.82) is 0 Å². The quantitative estimate of drug-likeness (QED) is 0.222. The molecule has 4 rings (SSSR count). The van der Waals surface area contributed by atoms with E-state index in [1.807, 2.05) is 0 Å². The molecule has 2 saturated carbocycles. The van der Waals surface area contributed by atoms with Crippen LogP contribution in [0.4, 0.5) is 48.3 Å². The molecule has 41 heavy (non-hydrogen) atoms. The van der Waals surface area contributed by atoms with Crippen molar-refractivity contribution in [3.63, 3.8) is 0 Å². The largest absolute Gasteiger partial charge is 0.465 e. The van der Waals surface area contributed by atoms with Gasteiger partial charge in [-0.05, 0) is 18.6 Å². The fraction of sp³-hybridized carbons (Fsp3) is 0.550. The molecule has 228 valence electrons. The summed E-state index contributed by atoms with van der Waals surface area (Å²) >= 11 is 0. The van der Waals surface area contributed by atoms with Crippen LogP contribution in [0.1, 0.15) is 23.1 Å². The van der Waals surface area contributed by atoms with Crippen LogP contribution in [-0.2, 0) is 52.5 Å². The third kappa shape index (κ3) is 5.06. The Morgan fingerprint density at radius 2 is 1.39 bits per heavy atom. The van der Waals surface area contributed by atoms with Crippen molar-refractivity contribution >= 4 is 28.0 Å². The lowest BCUT2D eigenvalue weighted by Gasteiger charge is -2.31. The topological polar surface area (TPSA) is 133 Å². The molecule has 1 aromatic rings. The maximum absolute atomic E-state index is 13.7. The Hall–Kier alpha value is -3.23. The molecule has 9 nitrogen and oxygen atoms in total. The molecule has 21 heteroatoms. The molecule has 6 atom stereocenters. The Labute approximate surface area is 219 Å². The lowest BCUT2D eigenvalue weighted by atomic mass is 9.78. The molecular formula is C20H11F11O9S. The lowest BCUT2D eigenvalue weighted by Crippen LogP contribution is -2.48. The van der Waals surface area contributed by atoms with Gasteiger partial charge in [-0.1, -0.05) is 0 Å². The molecule has 1 aliphatic heterocycles. The summed E-state index contributed by atoms with van der Waals surface area (Å²) in [5.74, 6) is -15.4. The number of hydrogen-bond acceptors (Lipinski definition) is 8. The Bertz CT molecular complexity index is 1380. The van der Waals surface area contributed by atoms with Gasteiger partial charge in [-0.15, -0.1) is 0 Å². The molecule has 1 heterocycles. The SMILES string of the molecule is O=C1OC2C3CC(C2OC(=O)C(F)(F)S(=O)(=O)O)C(C(=O)Oc2c(C(F)(F)F)cc(C(F)(F)F)cc2C(F)(F)F)C13. The third-order valence-electron chi connectivity index (χ3n) is 6.85. The highest BCUT2D eigenvalue weighted by molar-refractivity contribution is 7.87. The van der Waals surface area contributed by atoms with E-state index >= 15 is 0 Å². The predicted octanol–water partition coefficient (Wildman–Crippen LogP) is 3.85. The number of esters is 3. The fourth-order valence-corrected chi connectivity index (χ4v) is 5.52. The maximum Gasteiger partial charge on any atom is 0.465 e. The van der Waals surface area contributed by atoms with Crippen LogP contribution in [-0.4, -0.2) is 48.3 Å². The highest BCUT2D eigenvalue weighted by atomic mass is 32.2. The minimum absolute atomic E-state index is 0.443. The predicted molar refractivity (Wildman–Crippen MR) is 102 cm³/mol. The van der Waals surface area contributed by atoms with Crippen molar-refractivity contribution in [2.24, 2.45) is 23.7 Å². The zero-order chi connectivity index (χ0) is 31.2. The van der Waals surface area contributed by atoms with Crippen LogP contribution in [0.5, 0.6) is 5.75 Å². The maximum atomic E-state index is 13.7. The first-order valence-electron chi connectivity index (χ1n) is 10.7. The Kier molecular flexibility index (Phi) is 6.84. The van der Waals surface area contributed by atoms with Crippen molar-refractivity contribution in [3.8, 4) is 5.75 Å². The van der Waals surface area contributed by atoms with E-state index in [2.05, 4.69) is 9.47 Å². The van der Waals surface area contributed by atoms with Crippen molar-refractivity contribution < 1.29 is 89.9 Å². The molecule has 1 aromatic carbocycles. The van der Waals surface area contributed by atoms with Gasteiger partial charge in [-0.2, -0.15) is 56.7 Å². The van der Waals surface area contributed by atoms with E-state index in [9.17, 15) is 71.1 Å². The normalized spacial score (nSPS) is 28.0. The summed E-state index contributed by atoms with van der Waals surface area (Å²) in [7, 11) is -6.40. The van der Waals surface area contributed by atoms with Crippen LogP contribution >= 0.6 is 0 Å². The number of carbonyl (C=O) groups excluding carboxylic acids is 3. The van der Waals surface area contributed by atoms with Crippen LogP contribution in [0.3, 0.4) is 0 Å². The average Bonchev–Trinajstić information content (AvgIpc) is 3.39. The minimum Gasteiger partial charge on any atom is -0.458 e. The number of hydrogen-bond donors (Lipinski definition) is 1. The number of alkyl halides is 11. The van der Waals surface area contributed by atoms with Gasteiger partial charge >= 0.3 is 51.8 Å². The third-order valence-corrected chi connectivity index (χ3v) is 7.67. The zero-order valence-electron chi connectivity index (χ0n) is 19.1. The molecule has 0 aromatic heterocycles. The Morgan fingerprint density at radius 1 is 0.878 bits per heavy atom. The molecule has 0 spiro atoms. The monoisotopic (exact) mass is 636 g/mol. The number of fused-ring (bicyclic) bond motifs is 1. The van der Waals surface area contributed by atoms with Gasteiger partial charge in [0.25, 0.3) is 0 Å². The second kappa shape index (κ2) is 9.13. The molecule has 2 bridgehead atoms. The van der Waals surface area contributed by atoms with Gasteiger partial charge < -0.3 is 14.2 Å². The van der Waals surface area contributed by atoms with Gasteiger partial charge in [0.05, 0.1) is 28.5 Å². The number of carbonyl (C=O) groups is 3. The van der Waals surface area contributed by atoms with E-state index in [-0.39, 0.29) is 0 Å². The first kappa shape index (κ1) is 30.7. The molecule has 6 unspecified atom stereocenters. The standard InChI is InChI=1S/C20H11F11O9S/c21-17(22,23)4-1-7(18(24,25)26)13(8(2-4)19(27,28)29)39-15(33)10-6-3-5-9(10)14(32)38-11(5)12(6)40-16(34)20(30,31)41(35,36)37/h1-2,5-6,9-12H,3H2,(H,35,36,37). The van der Waals surface area contributed by atoms with E-state index in [1.54, 1.807) is 0 Å². The van der Waals surface area contributed by atoms with E-state index in [0.29, 0.717) is 0 Å². The van der Waals surface area contributed by atoms with Crippen molar-refractivity contribution in [3.05, 3.63) is 28.8 Å². The molecule has 1 N–H and O–H groups in total. The van der Waals surface area contributed by atoms with Crippen LogP contribution < -0.4 is 4.74 Å². The summed E-state index contributed by atoms with van der Waals surface area (Å²) in [5.41, 5.74) is -7.73. The summed E-state index contributed by atoms with van der Waals surface area (Å²) in [5, 5.41) is -5.57. The van der Waals surface area contributed by atoms with Gasteiger partial charge in [0.15, 0.2) is 5.75 Å². The smallest absolute Gasteiger partial charge is 0.458 e. The molecule has 0 radical (unpaired) electrons. The van der Waals surface area contributed by atoms with E-state index in [0.717, 1.165) is 0 Å². The number of halogens is 11. The summed E-state index contributed by atoms with van der Waals surface area (Å²) in [6.07, 6.45) is -21.8. The average molecular weight is 636 g/mol. The molecular weight excluding hydrogens is 625 g/mol. The van der Waals surface area contributed by atoms with Crippen LogP contribution in [0.2, 0.25) is 0 Å². The molecule has 2 aliphatic carbocycles. The van der Waals surface area contributed by atoms with Crippen LogP contribution in [0.25, 0.3) is 0 Å². The van der Waals surface area contributed by atoms with Crippen LogP contribution in [0.15, 0.2) is 12.1 Å². The second-order valence-electron chi connectivity index (χ2n) is 9.19. The van der Waals surface area contributed by atoms with E-state index in [4.69, 9.17) is 9.29 Å². The first-order valence-corrected chi connectivity index (χ1v) is 12.2. The highest BCUT2D eigenvalue weighted by Crippen LogP contribution is 2.59. The van der Waals surface area contributed by atoms with E-state index in [1.165, 1.54) is 0 Å². The van der Waals surface area contributed by atoms with Gasteiger partial charge in [-0.3, -0.25) is 14.1 Å². The van der Waals surface area contributed by atoms with Crippen molar-refractivity contribution in [1.82, 2.24) is 0 Å². The summed E-state index contributed by atoms with van der Waals surface area (Å²) < 4.78 is 192. The van der Waals surface area contributed by atoms with Gasteiger partial charge in [-0.25, -0.2) is 4.79 Å². The Morgan fingerprint density at radius 3 is 1.83 bits per heavy atom. The molecule has 0 amide bonds. The summed E-state index contributed by atoms with van der Waals surface area (Å²) in [6.45, 7) is 0. The number of rotatable bonds is 5. The number of ether oxygens (including phenoxy) is 3.